The van der Waals surface area contributed by atoms with Crippen LogP contribution in [0.25, 0.3) is 11.0 Å². The van der Waals surface area contributed by atoms with E-state index in [9.17, 15) is 23.1 Å². The van der Waals surface area contributed by atoms with E-state index >= 15 is 4.39 Å². The topological polar surface area (TPSA) is 85.6 Å². The van der Waals surface area contributed by atoms with Crippen LogP contribution in [0.1, 0.15) is 45.6 Å². The largest absolute Gasteiger partial charge is 0.525 e. The molecule has 1 aliphatic carbocycles. The van der Waals surface area contributed by atoms with Crippen molar-refractivity contribution in [1.82, 2.24) is 9.55 Å². The third-order valence-corrected chi connectivity index (χ3v) is 4.48. The second kappa shape index (κ2) is 7.79. The number of imidazole rings is 1. The molecule has 1 fully saturated rings. The number of nitrogens with zero attached hydrogens (tertiary/aromatic N) is 2. The number of anilines is 1. The third-order valence-electron chi connectivity index (χ3n) is 4.48. The Hall–Kier alpha value is -2.40. The Balaban J connectivity index is 1.92. The van der Waals surface area contributed by atoms with Gasteiger partial charge in [-0.25, -0.2) is 9.37 Å². The molecule has 1 amide bonds. The highest BCUT2D eigenvalue weighted by Crippen LogP contribution is 2.39. The van der Waals surface area contributed by atoms with Crippen LogP contribution in [0.15, 0.2) is 12.1 Å². The van der Waals surface area contributed by atoms with Crippen LogP contribution in [0.2, 0.25) is 0 Å². The van der Waals surface area contributed by atoms with Gasteiger partial charge in [0.1, 0.15) is 5.52 Å². The van der Waals surface area contributed by atoms with Crippen molar-refractivity contribution >= 4 is 22.9 Å². The molecule has 160 valence electrons. The molecule has 0 spiro atoms. The molecule has 0 saturated heterocycles. The van der Waals surface area contributed by atoms with E-state index in [1.54, 1.807) is 0 Å². The Morgan fingerprint density at radius 2 is 2.03 bits per heavy atom. The predicted octanol–water partition coefficient (Wildman–Crippen LogP) is 3.87. The SMILES string of the molecule is CC(C)(O)CC(=O)Nc1nc2ccc(OCOC(F)(F)F)c(F)c2n1C1CCC1. The molecule has 0 atom stereocenters. The first-order valence-electron chi connectivity index (χ1n) is 9.01. The number of amides is 1. The number of benzene rings is 1. The van der Waals surface area contributed by atoms with Crippen LogP contribution in [-0.2, 0) is 9.53 Å². The van der Waals surface area contributed by atoms with Gasteiger partial charge < -0.3 is 14.4 Å². The number of nitrogens with one attached hydrogen (secondary N) is 1. The smallest absolute Gasteiger partial charge is 0.464 e. The zero-order valence-electron chi connectivity index (χ0n) is 15.8. The molecule has 0 radical (unpaired) electrons. The minimum Gasteiger partial charge on any atom is -0.464 e. The molecule has 1 heterocycles. The van der Waals surface area contributed by atoms with Crippen LogP contribution in [0.3, 0.4) is 0 Å². The average molecular weight is 419 g/mol. The number of rotatable bonds is 7. The van der Waals surface area contributed by atoms with Crippen LogP contribution in [-0.4, -0.2) is 39.3 Å². The van der Waals surface area contributed by atoms with E-state index in [4.69, 9.17) is 4.74 Å². The maximum Gasteiger partial charge on any atom is 0.525 e. The highest BCUT2D eigenvalue weighted by atomic mass is 19.4. The Bertz CT molecular complexity index is 901. The van der Waals surface area contributed by atoms with Gasteiger partial charge in [0.15, 0.2) is 18.4 Å². The molecule has 3 rings (SSSR count). The fraction of sp³-hybridized carbons (Fsp3) is 0.556. The summed E-state index contributed by atoms with van der Waals surface area (Å²) in [5.74, 6) is -1.70. The maximum absolute atomic E-state index is 15.0. The summed E-state index contributed by atoms with van der Waals surface area (Å²) >= 11 is 0. The molecule has 2 N–H and O–H groups in total. The minimum absolute atomic E-state index is 0.0257. The van der Waals surface area contributed by atoms with E-state index in [0.717, 1.165) is 25.3 Å². The van der Waals surface area contributed by atoms with Crippen molar-refractivity contribution in [2.75, 3.05) is 12.1 Å². The Kier molecular flexibility index (Phi) is 5.72. The van der Waals surface area contributed by atoms with Gasteiger partial charge in [0.2, 0.25) is 11.9 Å². The molecule has 1 aliphatic rings. The molecule has 0 unspecified atom stereocenters. The molecule has 7 nitrogen and oxygen atoms in total. The lowest BCUT2D eigenvalue weighted by atomic mass is 9.92. The zero-order valence-corrected chi connectivity index (χ0v) is 15.8. The molecule has 2 aromatic rings. The first kappa shape index (κ1) is 21.3. The Morgan fingerprint density at radius 3 is 2.59 bits per heavy atom. The number of fused-ring (bicyclic) bond motifs is 1. The van der Waals surface area contributed by atoms with E-state index in [0.29, 0.717) is 0 Å². The van der Waals surface area contributed by atoms with Crippen molar-refractivity contribution in [3.63, 3.8) is 0 Å². The van der Waals surface area contributed by atoms with Crippen LogP contribution in [0.5, 0.6) is 5.75 Å². The number of aliphatic hydroxyl groups is 1. The molecule has 0 aliphatic heterocycles. The fourth-order valence-corrected chi connectivity index (χ4v) is 3.05. The second-order valence-corrected chi connectivity index (χ2v) is 7.53. The summed E-state index contributed by atoms with van der Waals surface area (Å²) < 4.78 is 61.2. The van der Waals surface area contributed by atoms with Crippen LogP contribution < -0.4 is 10.1 Å². The number of aromatic nitrogens is 2. The van der Waals surface area contributed by atoms with Gasteiger partial charge in [-0.15, -0.1) is 13.2 Å². The second-order valence-electron chi connectivity index (χ2n) is 7.53. The maximum atomic E-state index is 15.0. The summed E-state index contributed by atoms with van der Waals surface area (Å²) in [6.45, 7) is 1.76. The van der Waals surface area contributed by atoms with Crippen molar-refractivity contribution in [3.8, 4) is 5.75 Å². The molecule has 1 aromatic carbocycles. The van der Waals surface area contributed by atoms with Gasteiger partial charge in [0.25, 0.3) is 0 Å². The summed E-state index contributed by atoms with van der Waals surface area (Å²) in [5.41, 5.74) is -0.989. The highest BCUT2D eigenvalue weighted by molar-refractivity contribution is 5.92. The minimum atomic E-state index is -4.90. The van der Waals surface area contributed by atoms with E-state index < -0.39 is 36.2 Å². The lowest BCUT2D eigenvalue weighted by molar-refractivity contribution is -0.341. The molecule has 11 heteroatoms. The van der Waals surface area contributed by atoms with Gasteiger partial charge in [-0.2, -0.15) is 0 Å². The molecule has 1 aromatic heterocycles. The van der Waals surface area contributed by atoms with Gasteiger partial charge in [-0.3, -0.25) is 14.8 Å². The summed E-state index contributed by atoms with van der Waals surface area (Å²) in [7, 11) is 0. The number of ether oxygens (including phenoxy) is 2. The number of hydrogen-bond acceptors (Lipinski definition) is 5. The summed E-state index contributed by atoms with van der Waals surface area (Å²) in [6, 6.07) is 2.42. The van der Waals surface area contributed by atoms with Gasteiger partial charge in [-0.05, 0) is 45.2 Å². The van der Waals surface area contributed by atoms with Crippen molar-refractivity contribution in [1.29, 1.82) is 0 Å². The first-order chi connectivity index (χ1) is 13.4. The number of carbonyl (C=O) groups excluding carboxylic acids is 1. The highest BCUT2D eigenvalue weighted by Gasteiger charge is 2.31. The summed E-state index contributed by atoms with van der Waals surface area (Å²) in [4.78, 5) is 16.5. The Morgan fingerprint density at radius 1 is 1.34 bits per heavy atom. The standard InChI is InChI=1S/C18H21F4N3O4/c1-17(2,27)8-13(26)24-16-23-11-6-7-12(28-9-29-18(20,21)22)14(19)15(11)25(16)10-4-3-5-10/h6-7,10,27H,3-5,8-9H2,1-2H3,(H,23,24,26). The normalized spacial score (nSPS) is 15.4. The van der Waals surface area contributed by atoms with Gasteiger partial charge in [0.05, 0.1) is 17.5 Å². The molecular formula is C18H21F4N3O4. The lowest BCUT2D eigenvalue weighted by Crippen LogP contribution is -2.29. The lowest BCUT2D eigenvalue weighted by Gasteiger charge is -2.29. The molecule has 0 bridgehead atoms. The van der Waals surface area contributed by atoms with Crippen molar-refractivity contribution in [2.24, 2.45) is 0 Å². The van der Waals surface area contributed by atoms with E-state index in [1.807, 2.05) is 0 Å². The van der Waals surface area contributed by atoms with Crippen molar-refractivity contribution in [2.45, 2.75) is 57.5 Å². The number of halogens is 4. The predicted molar refractivity (Wildman–Crippen MR) is 94.8 cm³/mol. The third kappa shape index (κ3) is 5.15. The van der Waals surface area contributed by atoms with Gasteiger partial charge in [0, 0.05) is 6.04 Å². The van der Waals surface area contributed by atoms with E-state index in [1.165, 1.54) is 24.5 Å². The van der Waals surface area contributed by atoms with Crippen LogP contribution in [0, 0.1) is 5.82 Å². The Labute approximate surface area is 163 Å². The number of hydrogen-bond donors (Lipinski definition) is 2. The molecule has 29 heavy (non-hydrogen) atoms. The quantitative estimate of drug-likeness (QED) is 0.526. The van der Waals surface area contributed by atoms with Crippen LogP contribution in [0.4, 0.5) is 23.5 Å². The van der Waals surface area contributed by atoms with Crippen molar-refractivity contribution in [3.05, 3.63) is 17.9 Å². The van der Waals surface area contributed by atoms with E-state index in [-0.39, 0.29) is 29.4 Å². The van der Waals surface area contributed by atoms with E-state index in [2.05, 4.69) is 15.0 Å². The van der Waals surface area contributed by atoms with Gasteiger partial charge >= 0.3 is 6.36 Å². The van der Waals surface area contributed by atoms with Crippen molar-refractivity contribution < 1.29 is 36.9 Å². The monoisotopic (exact) mass is 419 g/mol. The van der Waals surface area contributed by atoms with Gasteiger partial charge in [-0.1, -0.05) is 0 Å². The van der Waals surface area contributed by atoms with Crippen LogP contribution >= 0.6 is 0 Å². The summed E-state index contributed by atoms with van der Waals surface area (Å²) in [6.07, 6.45) is -2.69. The fourth-order valence-electron chi connectivity index (χ4n) is 3.05. The molecule has 1 saturated carbocycles. The average Bonchev–Trinajstić information content (AvgIpc) is 2.84. The number of alkyl halides is 3. The number of carbonyl (C=O) groups is 1. The summed E-state index contributed by atoms with van der Waals surface area (Å²) in [5, 5.41) is 12.4. The first-order valence-corrected chi connectivity index (χ1v) is 9.01. The molecular weight excluding hydrogens is 398 g/mol. The zero-order chi connectivity index (χ0) is 21.4.